The molecule has 4 aromatic rings. The Labute approximate surface area is 165 Å². The molecule has 2 aromatic carbocycles. The third-order valence-electron chi connectivity index (χ3n) is 5.36. The standard InChI is InChI=1S/C24H25N3O/c1-17-9-10-22-20(13-17)21(16-27(22)15-19-7-5-4-6-8-19)18(2)14-23(28)24-25-11-12-26(24)3/h4-13,16,18H,14-15H2,1-3H3/t18-/m1/s1. The summed E-state index contributed by atoms with van der Waals surface area (Å²) in [5.41, 5.74) is 4.93. The van der Waals surface area contributed by atoms with Gasteiger partial charge in [-0.1, -0.05) is 48.9 Å². The fourth-order valence-electron chi connectivity index (χ4n) is 3.86. The highest BCUT2D eigenvalue weighted by Gasteiger charge is 2.20. The van der Waals surface area contributed by atoms with Crippen LogP contribution in [0.5, 0.6) is 0 Å². The summed E-state index contributed by atoms with van der Waals surface area (Å²) in [7, 11) is 1.86. The fourth-order valence-corrected chi connectivity index (χ4v) is 3.86. The van der Waals surface area contributed by atoms with Gasteiger partial charge in [-0.15, -0.1) is 0 Å². The highest BCUT2D eigenvalue weighted by atomic mass is 16.1. The molecule has 1 atom stereocenters. The third kappa shape index (κ3) is 3.50. The molecule has 0 radical (unpaired) electrons. The Morgan fingerprint density at radius 3 is 2.64 bits per heavy atom. The van der Waals surface area contributed by atoms with E-state index in [0.717, 1.165) is 6.54 Å². The van der Waals surface area contributed by atoms with Gasteiger partial charge in [-0.3, -0.25) is 4.79 Å². The van der Waals surface area contributed by atoms with Gasteiger partial charge < -0.3 is 9.13 Å². The molecule has 0 spiro atoms. The number of carbonyl (C=O) groups is 1. The number of benzene rings is 2. The van der Waals surface area contributed by atoms with Crippen molar-refractivity contribution in [2.75, 3.05) is 0 Å². The topological polar surface area (TPSA) is 39.8 Å². The Morgan fingerprint density at radius 1 is 1.14 bits per heavy atom. The van der Waals surface area contributed by atoms with Crippen LogP contribution < -0.4 is 0 Å². The van der Waals surface area contributed by atoms with E-state index in [1.54, 1.807) is 10.8 Å². The number of fused-ring (bicyclic) bond motifs is 1. The summed E-state index contributed by atoms with van der Waals surface area (Å²) in [4.78, 5) is 16.9. The van der Waals surface area contributed by atoms with E-state index in [0.29, 0.717) is 12.2 Å². The van der Waals surface area contributed by atoms with Gasteiger partial charge in [0.15, 0.2) is 11.6 Å². The second-order valence-electron chi connectivity index (χ2n) is 7.61. The normalized spacial score (nSPS) is 12.4. The smallest absolute Gasteiger partial charge is 0.198 e. The molecule has 0 saturated heterocycles. The number of carbonyl (C=O) groups excluding carboxylic acids is 1. The van der Waals surface area contributed by atoms with E-state index in [-0.39, 0.29) is 11.7 Å². The van der Waals surface area contributed by atoms with E-state index in [4.69, 9.17) is 0 Å². The quantitative estimate of drug-likeness (QED) is 0.442. The van der Waals surface area contributed by atoms with Crippen molar-refractivity contribution >= 4 is 16.7 Å². The second kappa shape index (κ2) is 7.47. The molecule has 0 fully saturated rings. The maximum absolute atomic E-state index is 12.7. The predicted octanol–water partition coefficient (Wildman–Crippen LogP) is 5.11. The van der Waals surface area contributed by atoms with Gasteiger partial charge in [0.2, 0.25) is 0 Å². The monoisotopic (exact) mass is 371 g/mol. The average Bonchev–Trinajstić information content (AvgIpc) is 3.26. The number of hydrogen-bond donors (Lipinski definition) is 0. The molecule has 0 aliphatic rings. The van der Waals surface area contributed by atoms with Crippen LogP contribution in [-0.2, 0) is 13.6 Å². The van der Waals surface area contributed by atoms with E-state index >= 15 is 0 Å². The molecule has 2 heterocycles. The SMILES string of the molecule is Cc1ccc2c(c1)c([C@H](C)CC(=O)c1nccn1C)cn2Cc1ccccc1. The Balaban J connectivity index is 1.69. The minimum absolute atomic E-state index is 0.0802. The molecule has 0 bridgehead atoms. The van der Waals surface area contributed by atoms with Crippen molar-refractivity contribution in [1.29, 1.82) is 0 Å². The van der Waals surface area contributed by atoms with Crippen molar-refractivity contribution < 1.29 is 4.79 Å². The number of aromatic nitrogens is 3. The lowest BCUT2D eigenvalue weighted by Gasteiger charge is -2.10. The highest BCUT2D eigenvalue weighted by Crippen LogP contribution is 2.31. The van der Waals surface area contributed by atoms with Crippen molar-refractivity contribution in [3.05, 3.63) is 89.6 Å². The average molecular weight is 371 g/mol. The van der Waals surface area contributed by atoms with Crippen molar-refractivity contribution in [2.24, 2.45) is 7.05 Å². The number of imidazole rings is 1. The minimum Gasteiger partial charge on any atom is -0.343 e. The van der Waals surface area contributed by atoms with Crippen LogP contribution in [0.3, 0.4) is 0 Å². The summed E-state index contributed by atoms with van der Waals surface area (Å²) < 4.78 is 4.08. The number of hydrogen-bond acceptors (Lipinski definition) is 2. The molecule has 0 amide bonds. The Morgan fingerprint density at radius 2 is 1.93 bits per heavy atom. The molecule has 0 aliphatic heterocycles. The van der Waals surface area contributed by atoms with Crippen LogP contribution in [0.4, 0.5) is 0 Å². The molecule has 28 heavy (non-hydrogen) atoms. The van der Waals surface area contributed by atoms with Crippen molar-refractivity contribution in [2.45, 2.75) is 32.7 Å². The summed E-state index contributed by atoms with van der Waals surface area (Å²) in [5, 5.41) is 1.23. The minimum atomic E-state index is 0.0802. The van der Waals surface area contributed by atoms with Gasteiger partial charge in [-0.05, 0) is 36.1 Å². The molecule has 0 N–H and O–H groups in total. The van der Waals surface area contributed by atoms with Crippen molar-refractivity contribution in [3.8, 4) is 0 Å². The van der Waals surface area contributed by atoms with E-state index in [2.05, 4.69) is 72.1 Å². The summed E-state index contributed by atoms with van der Waals surface area (Å²) >= 11 is 0. The molecule has 0 aliphatic carbocycles. The lowest BCUT2D eigenvalue weighted by atomic mass is 9.94. The second-order valence-corrected chi connectivity index (χ2v) is 7.61. The van der Waals surface area contributed by atoms with Crippen LogP contribution in [0, 0.1) is 6.92 Å². The van der Waals surface area contributed by atoms with Gasteiger partial charge in [0.1, 0.15) is 0 Å². The summed E-state index contributed by atoms with van der Waals surface area (Å²) in [5.74, 6) is 0.721. The lowest BCUT2D eigenvalue weighted by molar-refractivity contribution is 0.0962. The van der Waals surface area contributed by atoms with E-state index in [1.165, 1.54) is 27.6 Å². The van der Waals surface area contributed by atoms with Crippen LogP contribution in [-0.4, -0.2) is 19.9 Å². The summed E-state index contributed by atoms with van der Waals surface area (Å²) in [6, 6.07) is 17.0. The van der Waals surface area contributed by atoms with Crippen LogP contribution in [0.2, 0.25) is 0 Å². The molecular formula is C24H25N3O. The molecule has 4 heteroatoms. The zero-order valence-electron chi connectivity index (χ0n) is 16.6. The van der Waals surface area contributed by atoms with Crippen molar-refractivity contribution in [3.63, 3.8) is 0 Å². The van der Waals surface area contributed by atoms with E-state index in [9.17, 15) is 4.79 Å². The van der Waals surface area contributed by atoms with Crippen LogP contribution in [0.15, 0.2) is 67.1 Å². The first kappa shape index (κ1) is 18.2. The molecular weight excluding hydrogens is 346 g/mol. The van der Waals surface area contributed by atoms with Crippen LogP contribution in [0.1, 0.15) is 46.6 Å². The first-order valence-electron chi connectivity index (χ1n) is 9.67. The third-order valence-corrected chi connectivity index (χ3v) is 5.36. The molecule has 2 aromatic heterocycles. The summed E-state index contributed by atoms with van der Waals surface area (Å²) in [6.07, 6.45) is 6.15. The molecule has 0 unspecified atom stereocenters. The van der Waals surface area contributed by atoms with Crippen LogP contribution in [0.25, 0.3) is 10.9 Å². The fraction of sp³-hybridized carbons (Fsp3) is 0.250. The molecule has 142 valence electrons. The van der Waals surface area contributed by atoms with E-state index in [1.807, 2.05) is 19.3 Å². The van der Waals surface area contributed by atoms with Gasteiger partial charge >= 0.3 is 0 Å². The predicted molar refractivity (Wildman–Crippen MR) is 113 cm³/mol. The Kier molecular flexibility index (Phi) is 4.86. The van der Waals surface area contributed by atoms with Gasteiger partial charge in [-0.25, -0.2) is 4.98 Å². The van der Waals surface area contributed by atoms with Gasteiger partial charge in [0.05, 0.1) is 0 Å². The number of Topliss-reactive ketones (excluding diaryl/α,β-unsaturated/α-hetero) is 1. The number of ketones is 1. The maximum atomic E-state index is 12.7. The zero-order chi connectivity index (χ0) is 19.7. The molecule has 0 saturated carbocycles. The number of aryl methyl sites for hydroxylation is 2. The molecule has 4 rings (SSSR count). The van der Waals surface area contributed by atoms with Crippen molar-refractivity contribution in [1.82, 2.24) is 14.1 Å². The van der Waals surface area contributed by atoms with E-state index < -0.39 is 0 Å². The molecule has 4 nitrogen and oxygen atoms in total. The van der Waals surface area contributed by atoms with Gasteiger partial charge in [0.25, 0.3) is 0 Å². The Bertz CT molecular complexity index is 1120. The zero-order valence-corrected chi connectivity index (χ0v) is 16.6. The van der Waals surface area contributed by atoms with Crippen LogP contribution >= 0.6 is 0 Å². The Hall–Kier alpha value is -3.14. The summed E-state index contributed by atoms with van der Waals surface area (Å²) in [6.45, 7) is 5.06. The number of rotatable bonds is 6. The first-order chi connectivity index (χ1) is 13.5. The number of nitrogens with zero attached hydrogens (tertiary/aromatic N) is 3. The van der Waals surface area contributed by atoms with Gasteiger partial charge in [0, 0.05) is 49.5 Å². The first-order valence-corrected chi connectivity index (χ1v) is 9.67. The highest BCUT2D eigenvalue weighted by molar-refractivity contribution is 5.94. The van der Waals surface area contributed by atoms with Gasteiger partial charge in [-0.2, -0.15) is 0 Å². The maximum Gasteiger partial charge on any atom is 0.198 e. The largest absolute Gasteiger partial charge is 0.343 e. The lowest BCUT2D eigenvalue weighted by Crippen LogP contribution is -2.10.